The van der Waals surface area contributed by atoms with Gasteiger partial charge in [-0.2, -0.15) is 0 Å². The Bertz CT molecular complexity index is 873. The highest BCUT2D eigenvalue weighted by Gasteiger charge is 2.27. The molecule has 6 heteroatoms. The summed E-state index contributed by atoms with van der Waals surface area (Å²) in [7, 11) is 0. The Kier molecular flexibility index (Phi) is 4.25. The highest BCUT2D eigenvalue weighted by molar-refractivity contribution is 6.32. The molecule has 5 nitrogen and oxygen atoms in total. The van der Waals surface area contributed by atoms with E-state index in [9.17, 15) is 9.59 Å². The van der Waals surface area contributed by atoms with Crippen LogP contribution in [0.25, 0.3) is 0 Å². The maximum atomic E-state index is 12.7. The zero-order chi connectivity index (χ0) is 17.4. The molecule has 25 heavy (non-hydrogen) atoms. The monoisotopic (exact) mass is 358 g/mol. The van der Waals surface area contributed by atoms with E-state index in [1.807, 2.05) is 12.1 Å². The molecule has 0 bridgehead atoms. The van der Waals surface area contributed by atoms with Gasteiger partial charge < -0.3 is 15.0 Å². The lowest BCUT2D eigenvalue weighted by Crippen LogP contribution is -2.29. The van der Waals surface area contributed by atoms with Crippen molar-refractivity contribution in [3.63, 3.8) is 0 Å². The molecule has 1 aliphatic carbocycles. The third-order valence-electron chi connectivity index (χ3n) is 4.71. The largest absolute Gasteiger partial charge is 0.492 e. The molecular weight excluding hydrogens is 340 g/mol. The van der Waals surface area contributed by atoms with Crippen LogP contribution in [0.5, 0.6) is 5.75 Å². The van der Waals surface area contributed by atoms with Crippen LogP contribution in [0.2, 0.25) is 5.02 Å². The Morgan fingerprint density at radius 3 is 2.88 bits per heavy atom. The first kappa shape index (κ1) is 16.2. The normalized spacial score (nSPS) is 19.5. The molecule has 1 aromatic heterocycles. The standard InChI is InChI=1S/C19H19ClN2O3/c20-14-4-1-3-13-15(5-2-8-25-18(13)14)22-19(24)12-9-16(11-6-7-11)21-17(23)10-12/h1,3-4,9-11,15H,2,5-8H2,(H,21,23)(H,22,24). The average Bonchev–Trinajstić information content (AvgIpc) is 3.43. The van der Waals surface area contributed by atoms with Gasteiger partial charge in [-0.3, -0.25) is 9.59 Å². The maximum Gasteiger partial charge on any atom is 0.252 e. The third-order valence-corrected chi connectivity index (χ3v) is 5.00. The molecule has 1 atom stereocenters. The molecule has 2 N–H and O–H groups in total. The van der Waals surface area contributed by atoms with E-state index in [0.29, 0.717) is 28.9 Å². The van der Waals surface area contributed by atoms with Gasteiger partial charge in [0.2, 0.25) is 5.56 Å². The number of carbonyl (C=O) groups excluding carboxylic acids is 1. The number of rotatable bonds is 3. The molecule has 4 rings (SSSR count). The SMILES string of the molecule is O=C(NC1CCCOc2c(Cl)cccc21)c1cc(C2CC2)[nH]c(=O)c1. The number of halogens is 1. The Morgan fingerprint density at radius 1 is 1.24 bits per heavy atom. The molecule has 130 valence electrons. The van der Waals surface area contributed by atoms with E-state index in [1.54, 1.807) is 12.1 Å². The van der Waals surface area contributed by atoms with E-state index in [2.05, 4.69) is 10.3 Å². The lowest BCUT2D eigenvalue weighted by Gasteiger charge is -2.19. The lowest BCUT2D eigenvalue weighted by molar-refractivity contribution is 0.0934. The summed E-state index contributed by atoms with van der Waals surface area (Å²) in [6.45, 7) is 0.569. The summed E-state index contributed by atoms with van der Waals surface area (Å²) in [5.41, 5.74) is 1.90. The van der Waals surface area contributed by atoms with E-state index < -0.39 is 0 Å². The second-order valence-electron chi connectivity index (χ2n) is 6.64. The van der Waals surface area contributed by atoms with E-state index in [-0.39, 0.29) is 17.5 Å². The molecular formula is C19H19ClN2O3. The molecule has 1 amide bonds. The van der Waals surface area contributed by atoms with Crippen molar-refractivity contribution in [2.24, 2.45) is 0 Å². The number of aromatic nitrogens is 1. The number of nitrogens with one attached hydrogen (secondary N) is 2. The van der Waals surface area contributed by atoms with Crippen molar-refractivity contribution < 1.29 is 9.53 Å². The summed E-state index contributed by atoms with van der Waals surface area (Å²) in [4.78, 5) is 27.4. The summed E-state index contributed by atoms with van der Waals surface area (Å²) >= 11 is 6.23. The van der Waals surface area contributed by atoms with Gasteiger partial charge in [0.1, 0.15) is 5.75 Å². The van der Waals surface area contributed by atoms with Crippen molar-refractivity contribution in [3.05, 3.63) is 62.5 Å². The molecule has 0 spiro atoms. The zero-order valence-corrected chi connectivity index (χ0v) is 14.4. The van der Waals surface area contributed by atoms with Crippen molar-refractivity contribution in [3.8, 4) is 5.75 Å². The number of pyridine rings is 1. The molecule has 0 radical (unpaired) electrons. The van der Waals surface area contributed by atoms with Crippen LogP contribution in [0, 0.1) is 0 Å². The first-order valence-electron chi connectivity index (χ1n) is 8.58. The minimum atomic E-state index is -0.245. The highest BCUT2D eigenvalue weighted by atomic mass is 35.5. The topological polar surface area (TPSA) is 71.2 Å². The Morgan fingerprint density at radius 2 is 2.08 bits per heavy atom. The number of carbonyl (C=O) groups is 1. The third kappa shape index (κ3) is 3.42. The van der Waals surface area contributed by atoms with Gasteiger partial charge in [-0.05, 0) is 43.7 Å². The first-order valence-corrected chi connectivity index (χ1v) is 8.96. The number of ether oxygens (including phenoxy) is 1. The second kappa shape index (κ2) is 6.56. The molecule has 2 heterocycles. The van der Waals surface area contributed by atoms with Crippen LogP contribution in [-0.4, -0.2) is 17.5 Å². The average molecular weight is 359 g/mol. The number of amides is 1. The van der Waals surface area contributed by atoms with Crippen LogP contribution in [0.3, 0.4) is 0 Å². The molecule has 1 fully saturated rings. The van der Waals surface area contributed by atoms with Crippen LogP contribution in [0.1, 0.15) is 59.3 Å². The summed E-state index contributed by atoms with van der Waals surface area (Å²) in [5, 5.41) is 3.59. The van der Waals surface area contributed by atoms with Crippen LogP contribution < -0.4 is 15.6 Å². The van der Waals surface area contributed by atoms with E-state index in [1.165, 1.54) is 6.07 Å². The quantitative estimate of drug-likeness (QED) is 0.881. The molecule has 2 aliphatic rings. The predicted molar refractivity (Wildman–Crippen MR) is 95.4 cm³/mol. The molecule has 2 aromatic rings. The number of H-pyrrole nitrogens is 1. The summed E-state index contributed by atoms with van der Waals surface area (Å²) in [6.07, 6.45) is 3.70. The number of hydrogen-bond donors (Lipinski definition) is 2. The van der Waals surface area contributed by atoms with Gasteiger partial charge >= 0.3 is 0 Å². The fourth-order valence-electron chi connectivity index (χ4n) is 3.27. The fraction of sp³-hybridized carbons (Fsp3) is 0.368. The molecule has 1 unspecified atom stereocenters. The number of aromatic amines is 1. The van der Waals surface area contributed by atoms with Crippen molar-refractivity contribution in [1.29, 1.82) is 0 Å². The molecule has 0 saturated heterocycles. The second-order valence-corrected chi connectivity index (χ2v) is 7.05. The highest BCUT2D eigenvalue weighted by Crippen LogP contribution is 2.39. The molecule has 1 aliphatic heterocycles. The number of hydrogen-bond acceptors (Lipinski definition) is 3. The summed E-state index contributed by atoms with van der Waals surface area (Å²) in [6, 6.07) is 8.52. The smallest absolute Gasteiger partial charge is 0.252 e. The predicted octanol–water partition coefficient (Wildman–Crippen LogP) is 3.55. The number of para-hydroxylation sites is 1. The Hall–Kier alpha value is -2.27. The molecule has 1 aromatic carbocycles. The van der Waals surface area contributed by atoms with Gasteiger partial charge in [-0.15, -0.1) is 0 Å². The zero-order valence-electron chi connectivity index (χ0n) is 13.7. The van der Waals surface area contributed by atoms with Crippen molar-refractivity contribution in [2.45, 2.75) is 37.6 Å². The van der Waals surface area contributed by atoms with Crippen molar-refractivity contribution >= 4 is 17.5 Å². The fourth-order valence-corrected chi connectivity index (χ4v) is 3.51. The summed E-state index contributed by atoms with van der Waals surface area (Å²) < 4.78 is 5.74. The van der Waals surface area contributed by atoms with Crippen molar-refractivity contribution in [1.82, 2.24) is 10.3 Å². The first-order chi connectivity index (χ1) is 12.1. The van der Waals surface area contributed by atoms with Crippen LogP contribution in [-0.2, 0) is 0 Å². The van der Waals surface area contributed by atoms with Crippen LogP contribution in [0.4, 0.5) is 0 Å². The lowest BCUT2D eigenvalue weighted by atomic mass is 10.0. The van der Waals surface area contributed by atoms with Gasteiger partial charge in [0.25, 0.3) is 5.91 Å². The van der Waals surface area contributed by atoms with Crippen molar-refractivity contribution in [2.75, 3.05) is 6.61 Å². The Balaban J connectivity index is 1.61. The van der Waals surface area contributed by atoms with Gasteiger partial charge in [-0.1, -0.05) is 23.7 Å². The van der Waals surface area contributed by atoms with E-state index >= 15 is 0 Å². The summed E-state index contributed by atoms with van der Waals surface area (Å²) in [5.74, 6) is 0.772. The number of benzene rings is 1. The maximum absolute atomic E-state index is 12.7. The Labute approximate surface area is 150 Å². The number of fused-ring (bicyclic) bond motifs is 1. The van der Waals surface area contributed by atoms with E-state index in [0.717, 1.165) is 36.9 Å². The van der Waals surface area contributed by atoms with Crippen LogP contribution >= 0.6 is 11.6 Å². The van der Waals surface area contributed by atoms with Gasteiger partial charge in [-0.25, -0.2) is 0 Å². The van der Waals surface area contributed by atoms with Gasteiger partial charge in [0, 0.05) is 22.9 Å². The minimum Gasteiger partial charge on any atom is -0.492 e. The van der Waals surface area contributed by atoms with Gasteiger partial charge in [0.15, 0.2) is 0 Å². The van der Waals surface area contributed by atoms with E-state index in [4.69, 9.17) is 16.3 Å². The van der Waals surface area contributed by atoms with Gasteiger partial charge in [0.05, 0.1) is 17.7 Å². The minimum absolute atomic E-state index is 0.188. The van der Waals surface area contributed by atoms with Crippen LogP contribution in [0.15, 0.2) is 35.1 Å². The molecule has 1 saturated carbocycles.